The summed E-state index contributed by atoms with van der Waals surface area (Å²) < 4.78 is 0. The van der Waals surface area contributed by atoms with Gasteiger partial charge in [0.15, 0.2) is 5.96 Å². The van der Waals surface area contributed by atoms with E-state index >= 15 is 0 Å². The number of thioether (sulfide) groups is 1. The number of nitrogens with one attached hydrogen (secondary N) is 2. The average Bonchev–Trinajstić information content (AvgIpc) is 2.52. The molecule has 1 amide bonds. The third kappa shape index (κ3) is 8.45. The molecule has 0 bridgehead atoms. The lowest BCUT2D eigenvalue weighted by atomic mass is 9.93. The second-order valence-electron chi connectivity index (χ2n) is 5.48. The summed E-state index contributed by atoms with van der Waals surface area (Å²) in [6.45, 7) is 2.98. The molecule has 0 aromatic carbocycles. The van der Waals surface area contributed by atoms with E-state index in [1.165, 1.54) is 18.6 Å². The highest BCUT2D eigenvalue weighted by atomic mass is 127. The molecule has 0 radical (unpaired) electrons. The van der Waals surface area contributed by atoms with Gasteiger partial charge < -0.3 is 15.5 Å². The summed E-state index contributed by atoms with van der Waals surface area (Å²) in [6, 6.07) is 0. The third-order valence-corrected chi connectivity index (χ3v) is 4.63. The van der Waals surface area contributed by atoms with Crippen molar-refractivity contribution in [3.05, 3.63) is 0 Å². The molecule has 1 rings (SSSR count). The van der Waals surface area contributed by atoms with Crippen molar-refractivity contribution in [2.75, 3.05) is 45.7 Å². The van der Waals surface area contributed by atoms with E-state index < -0.39 is 0 Å². The number of piperidine rings is 1. The lowest BCUT2D eigenvalue weighted by Crippen LogP contribution is -2.46. The van der Waals surface area contributed by atoms with Gasteiger partial charge in [0.1, 0.15) is 0 Å². The van der Waals surface area contributed by atoms with Gasteiger partial charge >= 0.3 is 0 Å². The van der Waals surface area contributed by atoms with E-state index in [0.29, 0.717) is 12.3 Å². The van der Waals surface area contributed by atoms with Crippen LogP contribution in [0.4, 0.5) is 0 Å². The molecule has 0 spiro atoms. The smallest absolute Gasteiger partial charge is 0.220 e. The van der Waals surface area contributed by atoms with Crippen LogP contribution >= 0.6 is 35.7 Å². The Bertz CT molecular complexity index is 334. The van der Waals surface area contributed by atoms with E-state index in [1.807, 2.05) is 18.8 Å². The maximum atomic E-state index is 11.4. The fraction of sp³-hybridized carbons (Fsp3) is 0.867. The van der Waals surface area contributed by atoms with E-state index in [0.717, 1.165) is 38.4 Å². The van der Waals surface area contributed by atoms with Gasteiger partial charge in [-0.25, -0.2) is 0 Å². The van der Waals surface area contributed by atoms with Crippen LogP contribution in [0.15, 0.2) is 4.99 Å². The zero-order valence-corrected chi connectivity index (χ0v) is 17.2. The average molecular weight is 442 g/mol. The fourth-order valence-corrected chi connectivity index (χ4v) is 3.11. The Morgan fingerprint density at radius 3 is 2.55 bits per heavy atom. The molecule has 1 aliphatic heterocycles. The standard InChI is InChI=1S/C15H30N4OS.HI/c1-16-14(20)12-13-6-9-19(10-7-13)15(17-2)18-8-4-5-11-21-3;/h13H,4-12H2,1-3H3,(H,16,20)(H,17,18);1H. The van der Waals surface area contributed by atoms with Gasteiger partial charge in [-0.05, 0) is 43.6 Å². The number of rotatable bonds is 7. The van der Waals surface area contributed by atoms with E-state index in [2.05, 4.69) is 26.8 Å². The summed E-state index contributed by atoms with van der Waals surface area (Å²) in [6.07, 6.45) is 7.38. The number of hydrogen-bond acceptors (Lipinski definition) is 3. The maximum absolute atomic E-state index is 11.4. The van der Waals surface area contributed by atoms with Crippen LogP contribution in [0.5, 0.6) is 0 Å². The molecule has 0 aliphatic carbocycles. The summed E-state index contributed by atoms with van der Waals surface area (Å²) >= 11 is 1.90. The molecule has 0 aromatic heterocycles. The van der Waals surface area contributed by atoms with Crippen molar-refractivity contribution < 1.29 is 4.79 Å². The number of likely N-dealkylation sites (tertiary alicyclic amines) is 1. The molecule has 2 N–H and O–H groups in total. The lowest BCUT2D eigenvalue weighted by molar-refractivity contribution is -0.121. The molecule has 22 heavy (non-hydrogen) atoms. The summed E-state index contributed by atoms with van der Waals surface area (Å²) in [7, 11) is 3.56. The molecule has 1 fully saturated rings. The van der Waals surface area contributed by atoms with Gasteiger partial charge in [-0.2, -0.15) is 11.8 Å². The Morgan fingerprint density at radius 2 is 2.00 bits per heavy atom. The highest BCUT2D eigenvalue weighted by Crippen LogP contribution is 2.20. The van der Waals surface area contributed by atoms with Crippen LogP contribution in [0.3, 0.4) is 0 Å². The second-order valence-corrected chi connectivity index (χ2v) is 6.47. The normalized spacial score (nSPS) is 16.1. The number of unbranched alkanes of at least 4 members (excludes halogenated alkanes) is 1. The maximum Gasteiger partial charge on any atom is 0.220 e. The van der Waals surface area contributed by atoms with Crippen LogP contribution in [0.25, 0.3) is 0 Å². The van der Waals surface area contributed by atoms with Crippen molar-refractivity contribution in [2.45, 2.75) is 32.1 Å². The first-order valence-corrected chi connectivity index (χ1v) is 9.25. The number of carbonyl (C=O) groups is 1. The minimum absolute atomic E-state index is 0. The summed E-state index contributed by atoms with van der Waals surface area (Å²) in [5.74, 6) is 2.91. The van der Waals surface area contributed by atoms with Gasteiger partial charge in [0.2, 0.25) is 5.91 Å². The van der Waals surface area contributed by atoms with Crippen molar-refractivity contribution in [3.63, 3.8) is 0 Å². The zero-order chi connectivity index (χ0) is 15.5. The summed E-state index contributed by atoms with van der Waals surface area (Å²) in [5.41, 5.74) is 0. The van der Waals surface area contributed by atoms with Gasteiger partial charge in [-0.15, -0.1) is 24.0 Å². The number of nitrogens with zero attached hydrogens (tertiary/aromatic N) is 2. The molecule has 0 aromatic rings. The van der Waals surface area contributed by atoms with Crippen molar-refractivity contribution >= 4 is 47.6 Å². The van der Waals surface area contributed by atoms with Crippen molar-refractivity contribution in [3.8, 4) is 0 Å². The van der Waals surface area contributed by atoms with Gasteiger partial charge in [0.25, 0.3) is 0 Å². The molecule has 1 saturated heterocycles. The summed E-state index contributed by atoms with van der Waals surface area (Å²) in [5, 5.41) is 6.16. The number of hydrogen-bond donors (Lipinski definition) is 2. The van der Waals surface area contributed by atoms with Gasteiger partial charge in [-0.3, -0.25) is 9.79 Å². The zero-order valence-electron chi connectivity index (χ0n) is 14.1. The molecule has 0 unspecified atom stereocenters. The second kappa shape index (κ2) is 13.3. The predicted molar refractivity (Wildman–Crippen MR) is 107 cm³/mol. The molecule has 0 atom stereocenters. The van der Waals surface area contributed by atoms with E-state index in [-0.39, 0.29) is 29.9 Å². The van der Waals surface area contributed by atoms with Crippen molar-refractivity contribution in [1.82, 2.24) is 15.5 Å². The minimum atomic E-state index is 0. The topological polar surface area (TPSA) is 56.7 Å². The first kappa shape index (κ1) is 21.8. The van der Waals surface area contributed by atoms with E-state index in [4.69, 9.17) is 0 Å². The number of carbonyl (C=O) groups excluding carboxylic acids is 1. The van der Waals surface area contributed by atoms with Gasteiger partial charge in [-0.1, -0.05) is 0 Å². The first-order valence-electron chi connectivity index (χ1n) is 7.86. The molecular formula is C15H31IN4OS. The predicted octanol–water partition coefficient (Wildman–Crippen LogP) is 2.17. The molecule has 1 aliphatic rings. The number of aliphatic imine (C=N–C) groups is 1. The minimum Gasteiger partial charge on any atom is -0.359 e. The van der Waals surface area contributed by atoms with Crippen LogP contribution in [-0.4, -0.2) is 62.5 Å². The Hall–Kier alpha value is -0.180. The van der Waals surface area contributed by atoms with Crippen LogP contribution in [0, 0.1) is 5.92 Å². The first-order chi connectivity index (χ1) is 10.2. The Balaban J connectivity index is 0.00000441. The largest absolute Gasteiger partial charge is 0.359 e. The molecule has 1 heterocycles. The monoisotopic (exact) mass is 442 g/mol. The Labute approximate surface area is 156 Å². The van der Waals surface area contributed by atoms with Crippen molar-refractivity contribution in [1.29, 1.82) is 0 Å². The molecular weight excluding hydrogens is 411 g/mol. The fourth-order valence-electron chi connectivity index (χ4n) is 2.62. The highest BCUT2D eigenvalue weighted by molar-refractivity contribution is 14.0. The van der Waals surface area contributed by atoms with Crippen LogP contribution in [-0.2, 0) is 4.79 Å². The summed E-state index contributed by atoms with van der Waals surface area (Å²) in [4.78, 5) is 18.1. The van der Waals surface area contributed by atoms with E-state index in [9.17, 15) is 4.79 Å². The Kier molecular flexibility index (Phi) is 13.2. The molecule has 130 valence electrons. The quantitative estimate of drug-likeness (QED) is 0.275. The number of guanidine groups is 1. The Morgan fingerprint density at radius 1 is 1.32 bits per heavy atom. The molecule has 7 heteroatoms. The number of amides is 1. The van der Waals surface area contributed by atoms with Gasteiger partial charge in [0.05, 0.1) is 0 Å². The van der Waals surface area contributed by atoms with E-state index in [1.54, 1.807) is 7.05 Å². The van der Waals surface area contributed by atoms with Crippen LogP contribution in [0.1, 0.15) is 32.1 Å². The number of halogens is 1. The van der Waals surface area contributed by atoms with Crippen LogP contribution < -0.4 is 10.6 Å². The lowest BCUT2D eigenvalue weighted by Gasteiger charge is -2.34. The van der Waals surface area contributed by atoms with Crippen LogP contribution in [0.2, 0.25) is 0 Å². The highest BCUT2D eigenvalue weighted by Gasteiger charge is 2.22. The SMILES string of the molecule is CN=C(NCCCCSC)N1CCC(CC(=O)NC)CC1.I. The van der Waals surface area contributed by atoms with Crippen molar-refractivity contribution in [2.24, 2.45) is 10.9 Å². The van der Waals surface area contributed by atoms with Gasteiger partial charge in [0, 0.05) is 40.2 Å². The molecule has 5 nitrogen and oxygen atoms in total. The third-order valence-electron chi connectivity index (χ3n) is 3.94. The molecule has 0 saturated carbocycles.